The van der Waals surface area contributed by atoms with Gasteiger partial charge in [0.2, 0.25) is 0 Å². The van der Waals surface area contributed by atoms with Crippen molar-refractivity contribution in [3.63, 3.8) is 0 Å². The largest absolute Gasteiger partial charge is 0.492 e. The first-order chi connectivity index (χ1) is 10.1. The molecule has 110 valence electrons. The van der Waals surface area contributed by atoms with Crippen LogP contribution in [0.1, 0.15) is 10.4 Å². The smallest absolute Gasteiger partial charge is 0.336 e. The molecule has 1 heterocycles. The summed E-state index contributed by atoms with van der Waals surface area (Å²) in [4.78, 5) is 17.3. The standard InChI is InChI=1S/C16H18N2O3/c1-18(2)8-9-21-13-5-3-4-12(10-13)15-11-17-7-6-14(15)16(19)20/h3-7,10-11H,8-9H2,1-2H3,(H,19,20). The van der Waals surface area contributed by atoms with E-state index in [0.717, 1.165) is 17.9 Å². The average molecular weight is 286 g/mol. The first-order valence-electron chi connectivity index (χ1n) is 6.63. The summed E-state index contributed by atoms with van der Waals surface area (Å²) in [5.74, 6) is -0.249. The van der Waals surface area contributed by atoms with Gasteiger partial charge < -0.3 is 14.7 Å². The molecule has 0 saturated carbocycles. The molecule has 0 unspecified atom stereocenters. The zero-order valence-corrected chi connectivity index (χ0v) is 12.1. The summed E-state index contributed by atoms with van der Waals surface area (Å²) in [6, 6.07) is 8.88. The minimum Gasteiger partial charge on any atom is -0.492 e. The van der Waals surface area contributed by atoms with Crippen LogP contribution in [0.25, 0.3) is 11.1 Å². The quantitative estimate of drug-likeness (QED) is 0.883. The van der Waals surface area contributed by atoms with Gasteiger partial charge in [0.25, 0.3) is 0 Å². The molecule has 0 spiro atoms. The molecule has 1 aromatic carbocycles. The van der Waals surface area contributed by atoms with Crippen molar-refractivity contribution < 1.29 is 14.6 Å². The number of carboxylic acids is 1. The number of hydrogen-bond acceptors (Lipinski definition) is 4. The lowest BCUT2D eigenvalue weighted by Gasteiger charge is -2.12. The number of aromatic carboxylic acids is 1. The molecular formula is C16H18N2O3. The van der Waals surface area contributed by atoms with Crippen LogP contribution < -0.4 is 4.74 Å². The lowest BCUT2D eigenvalue weighted by atomic mass is 10.0. The molecular weight excluding hydrogens is 268 g/mol. The maximum atomic E-state index is 11.3. The second-order valence-electron chi connectivity index (χ2n) is 4.91. The van der Waals surface area contributed by atoms with Crippen LogP contribution >= 0.6 is 0 Å². The lowest BCUT2D eigenvalue weighted by Crippen LogP contribution is -2.19. The molecule has 2 aromatic rings. The van der Waals surface area contributed by atoms with Crippen molar-refractivity contribution in [1.29, 1.82) is 0 Å². The molecule has 0 bridgehead atoms. The molecule has 5 nitrogen and oxygen atoms in total. The number of carboxylic acid groups (broad SMARTS) is 1. The Bertz CT molecular complexity index is 626. The fourth-order valence-corrected chi connectivity index (χ4v) is 1.91. The van der Waals surface area contributed by atoms with E-state index in [-0.39, 0.29) is 5.56 Å². The summed E-state index contributed by atoms with van der Waals surface area (Å²) in [7, 11) is 3.96. The van der Waals surface area contributed by atoms with Gasteiger partial charge in [0, 0.05) is 24.5 Å². The molecule has 21 heavy (non-hydrogen) atoms. The van der Waals surface area contributed by atoms with E-state index in [9.17, 15) is 9.90 Å². The van der Waals surface area contributed by atoms with E-state index in [1.807, 2.05) is 43.3 Å². The molecule has 0 aliphatic rings. The number of hydrogen-bond donors (Lipinski definition) is 1. The number of pyridine rings is 1. The topological polar surface area (TPSA) is 62.7 Å². The molecule has 1 aromatic heterocycles. The fraction of sp³-hybridized carbons (Fsp3) is 0.250. The van der Waals surface area contributed by atoms with Crippen LogP contribution in [-0.2, 0) is 0 Å². The minimum absolute atomic E-state index is 0.232. The Morgan fingerprint density at radius 2 is 2.14 bits per heavy atom. The molecule has 0 radical (unpaired) electrons. The highest BCUT2D eigenvalue weighted by Gasteiger charge is 2.11. The van der Waals surface area contributed by atoms with E-state index in [2.05, 4.69) is 4.98 Å². The van der Waals surface area contributed by atoms with Crippen molar-refractivity contribution in [3.05, 3.63) is 48.3 Å². The summed E-state index contributed by atoms with van der Waals surface area (Å²) in [6.07, 6.45) is 3.03. The van der Waals surface area contributed by atoms with Crippen molar-refractivity contribution in [2.75, 3.05) is 27.2 Å². The number of carbonyl (C=O) groups is 1. The van der Waals surface area contributed by atoms with E-state index < -0.39 is 5.97 Å². The van der Waals surface area contributed by atoms with Crippen molar-refractivity contribution in [3.8, 4) is 16.9 Å². The molecule has 5 heteroatoms. The van der Waals surface area contributed by atoms with E-state index in [0.29, 0.717) is 12.2 Å². The van der Waals surface area contributed by atoms with Gasteiger partial charge >= 0.3 is 5.97 Å². The zero-order valence-electron chi connectivity index (χ0n) is 12.1. The van der Waals surface area contributed by atoms with Crippen LogP contribution in [0.5, 0.6) is 5.75 Å². The highest BCUT2D eigenvalue weighted by molar-refractivity contribution is 5.95. The first-order valence-corrected chi connectivity index (χ1v) is 6.63. The normalized spacial score (nSPS) is 10.6. The monoisotopic (exact) mass is 286 g/mol. The number of nitrogens with zero attached hydrogens (tertiary/aromatic N) is 2. The maximum Gasteiger partial charge on any atom is 0.336 e. The summed E-state index contributed by atoms with van der Waals surface area (Å²) < 4.78 is 5.67. The lowest BCUT2D eigenvalue weighted by molar-refractivity contribution is 0.0697. The molecule has 0 atom stereocenters. The van der Waals surface area contributed by atoms with Gasteiger partial charge in [0.1, 0.15) is 12.4 Å². The van der Waals surface area contributed by atoms with E-state index >= 15 is 0 Å². The highest BCUT2D eigenvalue weighted by atomic mass is 16.5. The summed E-state index contributed by atoms with van der Waals surface area (Å²) >= 11 is 0. The SMILES string of the molecule is CN(C)CCOc1cccc(-c2cnccc2C(=O)O)c1. The number of rotatable bonds is 6. The van der Waals surface area contributed by atoms with Crippen LogP contribution in [0.15, 0.2) is 42.7 Å². The maximum absolute atomic E-state index is 11.3. The third-order valence-corrected chi connectivity index (χ3v) is 3.00. The Hall–Kier alpha value is -2.40. The molecule has 0 amide bonds. The second-order valence-corrected chi connectivity index (χ2v) is 4.91. The van der Waals surface area contributed by atoms with Gasteiger partial charge in [-0.2, -0.15) is 0 Å². The molecule has 2 rings (SSSR count). The Morgan fingerprint density at radius 1 is 1.33 bits per heavy atom. The zero-order chi connectivity index (χ0) is 15.2. The second kappa shape index (κ2) is 6.85. The van der Waals surface area contributed by atoms with Crippen LogP contribution in [0.4, 0.5) is 0 Å². The highest BCUT2D eigenvalue weighted by Crippen LogP contribution is 2.26. The Labute approximate surface area is 123 Å². The third-order valence-electron chi connectivity index (χ3n) is 3.00. The summed E-state index contributed by atoms with van der Waals surface area (Å²) in [5.41, 5.74) is 1.60. The van der Waals surface area contributed by atoms with Crippen molar-refractivity contribution >= 4 is 5.97 Å². The van der Waals surface area contributed by atoms with Crippen LogP contribution in [-0.4, -0.2) is 48.2 Å². The van der Waals surface area contributed by atoms with Crippen LogP contribution in [0.2, 0.25) is 0 Å². The van der Waals surface area contributed by atoms with Gasteiger partial charge in [-0.1, -0.05) is 12.1 Å². The fourth-order valence-electron chi connectivity index (χ4n) is 1.91. The predicted molar refractivity (Wildman–Crippen MR) is 80.7 cm³/mol. The van der Waals surface area contributed by atoms with Crippen molar-refractivity contribution in [2.45, 2.75) is 0 Å². The molecule has 1 N–H and O–H groups in total. The molecule has 0 aliphatic heterocycles. The summed E-state index contributed by atoms with van der Waals surface area (Å²) in [5, 5.41) is 9.23. The third kappa shape index (κ3) is 4.03. The number of likely N-dealkylation sites (N-methyl/N-ethyl adjacent to an activating group) is 1. The average Bonchev–Trinajstić information content (AvgIpc) is 2.47. The summed E-state index contributed by atoms with van der Waals surface area (Å²) in [6.45, 7) is 1.40. The van der Waals surface area contributed by atoms with Crippen molar-refractivity contribution in [2.24, 2.45) is 0 Å². The van der Waals surface area contributed by atoms with Crippen LogP contribution in [0.3, 0.4) is 0 Å². The molecule has 0 aliphatic carbocycles. The first kappa shape index (κ1) is 15.0. The van der Waals surface area contributed by atoms with Crippen LogP contribution in [0, 0.1) is 0 Å². The van der Waals surface area contributed by atoms with Crippen molar-refractivity contribution in [1.82, 2.24) is 9.88 Å². The Kier molecular flexibility index (Phi) is 4.90. The van der Waals surface area contributed by atoms with E-state index in [1.54, 1.807) is 6.20 Å². The number of ether oxygens (including phenoxy) is 1. The van der Waals surface area contributed by atoms with Gasteiger partial charge in [-0.05, 0) is 37.9 Å². The predicted octanol–water partition coefficient (Wildman–Crippen LogP) is 2.39. The van der Waals surface area contributed by atoms with Gasteiger partial charge in [0.05, 0.1) is 5.56 Å². The van der Waals surface area contributed by atoms with E-state index in [1.165, 1.54) is 12.3 Å². The minimum atomic E-state index is -0.966. The Balaban J connectivity index is 2.23. The molecule has 0 fully saturated rings. The molecule has 0 saturated heterocycles. The number of benzene rings is 1. The van der Waals surface area contributed by atoms with Gasteiger partial charge in [-0.3, -0.25) is 4.98 Å². The number of aromatic nitrogens is 1. The van der Waals surface area contributed by atoms with Gasteiger partial charge in [-0.15, -0.1) is 0 Å². The van der Waals surface area contributed by atoms with Gasteiger partial charge in [0.15, 0.2) is 0 Å². The van der Waals surface area contributed by atoms with E-state index in [4.69, 9.17) is 4.74 Å². The Morgan fingerprint density at radius 3 is 2.86 bits per heavy atom. The van der Waals surface area contributed by atoms with Gasteiger partial charge in [-0.25, -0.2) is 4.79 Å².